The molecule has 0 bridgehead atoms. The van der Waals surface area contributed by atoms with Gasteiger partial charge in [0.25, 0.3) is 0 Å². The molecule has 1 rings (SSSR count). The second kappa shape index (κ2) is 8.01. The Labute approximate surface area is 123 Å². The summed E-state index contributed by atoms with van der Waals surface area (Å²) in [4.78, 5) is 13.8. The zero-order valence-electron chi connectivity index (χ0n) is 11.0. The standard InChI is InChI=1S/C13H18N2O2S2/c1-3-15(4-2)13(18)19-9-12(17)14-10-7-5-6-8-11(10)16/h5-8,16H,3-4,9H2,1-2H3,(H,14,17). The first-order valence-corrected chi connectivity index (χ1v) is 7.47. The molecule has 0 heterocycles. The maximum absolute atomic E-state index is 11.7. The molecule has 1 aromatic rings. The van der Waals surface area contributed by atoms with Crippen molar-refractivity contribution in [1.29, 1.82) is 0 Å². The number of aromatic hydroxyl groups is 1. The van der Waals surface area contributed by atoms with Crippen LogP contribution in [-0.4, -0.2) is 39.1 Å². The Morgan fingerprint density at radius 2 is 2.00 bits per heavy atom. The molecule has 0 aromatic heterocycles. The fourth-order valence-corrected chi connectivity index (χ4v) is 2.67. The van der Waals surface area contributed by atoms with Crippen molar-refractivity contribution in [3.63, 3.8) is 0 Å². The number of amides is 1. The number of anilines is 1. The molecule has 0 saturated heterocycles. The number of rotatable bonds is 5. The third-order valence-corrected chi connectivity index (χ3v) is 4.05. The number of nitrogens with zero attached hydrogens (tertiary/aromatic N) is 1. The zero-order chi connectivity index (χ0) is 14.3. The van der Waals surface area contributed by atoms with Crippen molar-refractivity contribution in [2.75, 3.05) is 24.2 Å². The molecule has 4 nitrogen and oxygen atoms in total. The van der Waals surface area contributed by atoms with Crippen LogP contribution in [0.25, 0.3) is 0 Å². The molecular weight excluding hydrogens is 280 g/mol. The number of benzene rings is 1. The van der Waals surface area contributed by atoms with Gasteiger partial charge in [-0.25, -0.2) is 0 Å². The first-order chi connectivity index (χ1) is 9.08. The van der Waals surface area contributed by atoms with Crippen molar-refractivity contribution >= 4 is 39.9 Å². The van der Waals surface area contributed by atoms with Crippen LogP contribution in [0.5, 0.6) is 5.75 Å². The summed E-state index contributed by atoms with van der Waals surface area (Å²) in [7, 11) is 0. The highest BCUT2D eigenvalue weighted by Crippen LogP contribution is 2.21. The van der Waals surface area contributed by atoms with Gasteiger partial charge in [0, 0.05) is 13.1 Å². The SMILES string of the molecule is CCN(CC)C(=S)SCC(=O)Nc1ccccc1O. The fourth-order valence-electron chi connectivity index (χ4n) is 1.47. The molecule has 0 unspecified atom stereocenters. The van der Waals surface area contributed by atoms with Crippen molar-refractivity contribution < 1.29 is 9.90 Å². The van der Waals surface area contributed by atoms with E-state index in [2.05, 4.69) is 5.32 Å². The molecule has 6 heteroatoms. The summed E-state index contributed by atoms with van der Waals surface area (Å²) in [6.07, 6.45) is 0. The normalized spacial score (nSPS) is 10.0. The van der Waals surface area contributed by atoms with Crippen molar-refractivity contribution in [3.05, 3.63) is 24.3 Å². The van der Waals surface area contributed by atoms with E-state index in [1.165, 1.54) is 17.8 Å². The van der Waals surface area contributed by atoms with Crippen LogP contribution in [-0.2, 0) is 4.79 Å². The third kappa shape index (κ3) is 5.08. The number of phenolic OH excluding ortho intramolecular Hbond substituents is 1. The second-order valence-corrected chi connectivity index (χ2v) is 5.40. The molecule has 0 spiro atoms. The molecule has 0 saturated carbocycles. The van der Waals surface area contributed by atoms with Crippen LogP contribution < -0.4 is 5.32 Å². The second-order valence-electron chi connectivity index (χ2n) is 3.79. The highest BCUT2D eigenvalue weighted by molar-refractivity contribution is 8.23. The molecule has 0 fully saturated rings. The van der Waals surface area contributed by atoms with E-state index in [4.69, 9.17) is 12.2 Å². The summed E-state index contributed by atoms with van der Waals surface area (Å²) in [5, 5.41) is 12.2. The summed E-state index contributed by atoms with van der Waals surface area (Å²) in [5.74, 6) is 0.122. The highest BCUT2D eigenvalue weighted by atomic mass is 32.2. The Kier molecular flexibility index (Phi) is 6.66. The highest BCUT2D eigenvalue weighted by Gasteiger charge is 2.10. The summed E-state index contributed by atoms with van der Waals surface area (Å²) >= 11 is 6.57. The number of nitrogens with one attached hydrogen (secondary N) is 1. The molecular formula is C13H18N2O2S2. The molecule has 2 N–H and O–H groups in total. The summed E-state index contributed by atoms with van der Waals surface area (Å²) < 4.78 is 0.720. The van der Waals surface area contributed by atoms with Gasteiger partial charge in [0.2, 0.25) is 5.91 Å². The van der Waals surface area contributed by atoms with Gasteiger partial charge in [-0.1, -0.05) is 36.1 Å². The summed E-state index contributed by atoms with van der Waals surface area (Å²) in [6.45, 7) is 5.73. The number of phenols is 1. The maximum atomic E-state index is 11.7. The average molecular weight is 298 g/mol. The van der Waals surface area contributed by atoms with E-state index in [0.717, 1.165) is 17.4 Å². The molecule has 0 aliphatic heterocycles. The van der Waals surface area contributed by atoms with Crippen LogP contribution in [0, 0.1) is 0 Å². The van der Waals surface area contributed by atoms with E-state index in [0.29, 0.717) is 5.69 Å². The van der Waals surface area contributed by atoms with Crippen molar-refractivity contribution in [2.45, 2.75) is 13.8 Å². The van der Waals surface area contributed by atoms with E-state index >= 15 is 0 Å². The number of carbonyl (C=O) groups is 1. The topological polar surface area (TPSA) is 52.6 Å². The molecule has 0 aliphatic rings. The lowest BCUT2D eigenvalue weighted by molar-refractivity contribution is -0.113. The number of thioether (sulfide) groups is 1. The van der Waals surface area contributed by atoms with Crippen LogP contribution in [0.4, 0.5) is 5.69 Å². The van der Waals surface area contributed by atoms with Crippen LogP contribution >= 0.6 is 24.0 Å². The average Bonchev–Trinajstić information content (AvgIpc) is 2.40. The molecule has 0 atom stereocenters. The molecule has 1 amide bonds. The van der Waals surface area contributed by atoms with Gasteiger partial charge >= 0.3 is 0 Å². The number of carbonyl (C=O) groups excluding carboxylic acids is 1. The van der Waals surface area contributed by atoms with E-state index in [1.807, 2.05) is 18.7 Å². The number of hydrogen-bond donors (Lipinski definition) is 2. The number of para-hydroxylation sites is 2. The van der Waals surface area contributed by atoms with E-state index < -0.39 is 0 Å². The van der Waals surface area contributed by atoms with Gasteiger partial charge in [0.1, 0.15) is 10.1 Å². The third-order valence-electron chi connectivity index (χ3n) is 2.53. The first-order valence-electron chi connectivity index (χ1n) is 6.08. The predicted molar refractivity (Wildman–Crippen MR) is 84.7 cm³/mol. The van der Waals surface area contributed by atoms with E-state index in [1.54, 1.807) is 18.2 Å². The van der Waals surface area contributed by atoms with E-state index in [9.17, 15) is 9.90 Å². The molecule has 0 aliphatic carbocycles. The quantitative estimate of drug-likeness (QED) is 0.646. The molecule has 104 valence electrons. The van der Waals surface area contributed by atoms with Gasteiger partial charge in [-0.15, -0.1) is 0 Å². The predicted octanol–water partition coefficient (Wildman–Crippen LogP) is 2.69. The monoisotopic (exact) mass is 298 g/mol. The van der Waals surface area contributed by atoms with Gasteiger partial charge in [-0.2, -0.15) is 0 Å². The maximum Gasteiger partial charge on any atom is 0.234 e. The zero-order valence-corrected chi connectivity index (χ0v) is 12.7. The van der Waals surface area contributed by atoms with Crippen LogP contribution in [0.2, 0.25) is 0 Å². The summed E-state index contributed by atoms with van der Waals surface area (Å²) in [5.41, 5.74) is 0.418. The number of thiocarbonyl (C=S) groups is 1. The molecule has 19 heavy (non-hydrogen) atoms. The van der Waals surface area contributed by atoms with Crippen molar-refractivity contribution in [3.8, 4) is 5.75 Å². The van der Waals surface area contributed by atoms with Gasteiger partial charge in [0.15, 0.2) is 0 Å². The minimum atomic E-state index is -0.180. The van der Waals surface area contributed by atoms with Crippen LogP contribution in [0.1, 0.15) is 13.8 Å². The Morgan fingerprint density at radius 1 is 1.37 bits per heavy atom. The van der Waals surface area contributed by atoms with Gasteiger partial charge < -0.3 is 15.3 Å². The summed E-state index contributed by atoms with van der Waals surface area (Å²) in [6, 6.07) is 6.64. The Bertz CT molecular complexity index is 448. The number of hydrogen-bond acceptors (Lipinski definition) is 4. The lowest BCUT2D eigenvalue weighted by Gasteiger charge is -2.20. The lowest BCUT2D eigenvalue weighted by atomic mass is 10.3. The Morgan fingerprint density at radius 3 is 2.58 bits per heavy atom. The molecule has 1 aromatic carbocycles. The fraction of sp³-hybridized carbons (Fsp3) is 0.385. The smallest absolute Gasteiger partial charge is 0.234 e. The minimum Gasteiger partial charge on any atom is -0.506 e. The minimum absolute atomic E-state index is 0.0622. The Hall–Kier alpha value is -1.27. The van der Waals surface area contributed by atoms with Crippen LogP contribution in [0.15, 0.2) is 24.3 Å². The van der Waals surface area contributed by atoms with Gasteiger partial charge in [0.05, 0.1) is 11.4 Å². The largest absolute Gasteiger partial charge is 0.506 e. The first kappa shape index (κ1) is 15.8. The van der Waals surface area contributed by atoms with Gasteiger partial charge in [-0.3, -0.25) is 4.79 Å². The Balaban J connectivity index is 2.44. The van der Waals surface area contributed by atoms with Crippen molar-refractivity contribution in [2.24, 2.45) is 0 Å². The van der Waals surface area contributed by atoms with Gasteiger partial charge in [-0.05, 0) is 26.0 Å². The lowest BCUT2D eigenvalue weighted by Crippen LogP contribution is -2.28. The van der Waals surface area contributed by atoms with Crippen molar-refractivity contribution in [1.82, 2.24) is 4.90 Å². The van der Waals surface area contributed by atoms with E-state index in [-0.39, 0.29) is 17.4 Å². The van der Waals surface area contributed by atoms with Crippen LogP contribution in [0.3, 0.4) is 0 Å². The molecule has 0 radical (unpaired) electrons.